The van der Waals surface area contributed by atoms with Gasteiger partial charge in [0.15, 0.2) is 6.10 Å². The molecule has 302 valence electrons. The Balaban J connectivity index is 4.47. The van der Waals surface area contributed by atoms with E-state index in [4.69, 9.17) is 14.2 Å². The Bertz CT molecular complexity index is 1030. The summed E-state index contributed by atoms with van der Waals surface area (Å²) in [6, 6.07) is 0. The van der Waals surface area contributed by atoms with Gasteiger partial charge in [-0.1, -0.05) is 177 Å². The molecule has 53 heavy (non-hydrogen) atoms. The Morgan fingerprint density at radius 1 is 0.415 bits per heavy atom. The number of carbonyl (C=O) groups is 3. The number of allylic oxidation sites excluding steroid dienone is 12. The van der Waals surface area contributed by atoms with Crippen molar-refractivity contribution in [2.24, 2.45) is 0 Å². The van der Waals surface area contributed by atoms with Crippen molar-refractivity contribution in [1.82, 2.24) is 0 Å². The van der Waals surface area contributed by atoms with Gasteiger partial charge >= 0.3 is 17.9 Å². The molecule has 0 rings (SSSR count). The minimum Gasteiger partial charge on any atom is -0.462 e. The van der Waals surface area contributed by atoms with Crippen LogP contribution in [0.5, 0.6) is 0 Å². The van der Waals surface area contributed by atoms with E-state index in [0.29, 0.717) is 19.3 Å². The van der Waals surface area contributed by atoms with Gasteiger partial charge in [0.2, 0.25) is 0 Å². The SMILES string of the molecule is CC\C=C/C=C\C=C/C=C\CCCCCC(=O)OCC(COC(=O)CCCC/C=C\C/C=C\CC)OC(=O)CCCCCCCCCCCCCCC. The van der Waals surface area contributed by atoms with Crippen LogP contribution in [0.1, 0.15) is 188 Å². The third kappa shape index (κ3) is 39.9. The van der Waals surface area contributed by atoms with Gasteiger partial charge in [0.1, 0.15) is 13.2 Å². The van der Waals surface area contributed by atoms with Gasteiger partial charge in [-0.05, 0) is 64.2 Å². The lowest BCUT2D eigenvalue weighted by Crippen LogP contribution is -2.30. The number of rotatable bonds is 37. The van der Waals surface area contributed by atoms with Crippen LogP contribution in [0.3, 0.4) is 0 Å². The summed E-state index contributed by atoms with van der Waals surface area (Å²) in [6.45, 7) is 6.28. The largest absolute Gasteiger partial charge is 0.462 e. The molecular weight excluding hydrogens is 661 g/mol. The molecule has 0 aliphatic carbocycles. The van der Waals surface area contributed by atoms with Crippen LogP contribution in [0.25, 0.3) is 0 Å². The third-order valence-electron chi connectivity index (χ3n) is 8.80. The zero-order valence-corrected chi connectivity index (χ0v) is 34.3. The monoisotopic (exact) mass is 739 g/mol. The fraction of sp³-hybridized carbons (Fsp3) is 0.681. The zero-order valence-electron chi connectivity index (χ0n) is 34.3. The first kappa shape index (κ1) is 49.9. The molecule has 0 spiro atoms. The summed E-state index contributed by atoms with van der Waals surface area (Å²) >= 11 is 0. The van der Waals surface area contributed by atoms with Crippen molar-refractivity contribution >= 4 is 17.9 Å². The summed E-state index contributed by atoms with van der Waals surface area (Å²) in [5.41, 5.74) is 0. The van der Waals surface area contributed by atoms with Gasteiger partial charge in [-0.3, -0.25) is 14.4 Å². The number of unbranched alkanes of at least 4 members (excludes halogenated alkanes) is 17. The molecule has 0 fully saturated rings. The molecule has 0 aliphatic heterocycles. The van der Waals surface area contributed by atoms with Crippen LogP contribution in [-0.4, -0.2) is 37.2 Å². The minimum atomic E-state index is -0.799. The highest BCUT2D eigenvalue weighted by Gasteiger charge is 2.19. The molecular formula is C47H78O6. The molecule has 0 aromatic carbocycles. The Kier molecular flexibility index (Phi) is 39.1. The predicted molar refractivity (Wildman–Crippen MR) is 224 cm³/mol. The maximum Gasteiger partial charge on any atom is 0.306 e. The van der Waals surface area contributed by atoms with E-state index in [0.717, 1.165) is 83.5 Å². The highest BCUT2D eigenvalue weighted by molar-refractivity contribution is 5.71. The van der Waals surface area contributed by atoms with Gasteiger partial charge in [0.05, 0.1) is 0 Å². The predicted octanol–water partition coefficient (Wildman–Crippen LogP) is 13.5. The number of carbonyl (C=O) groups excluding carboxylic acids is 3. The quantitative estimate of drug-likeness (QED) is 0.0208. The Labute approximate surface area is 325 Å². The average Bonchev–Trinajstić information content (AvgIpc) is 3.15. The van der Waals surface area contributed by atoms with Gasteiger partial charge in [0.25, 0.3) is 0 Å². The molecule has 6 heteroatoms. The molecule has 0 radical (unpaired) electrons. The van der Waals surface area contributed by atoms with Gasteiger partial charge in [0, 0.05) is 19.3 Å². The molecule has 1 atom stereocenters. The van der Waals surface area contributed by atoms with Gasteiger partial charge in [-0.15, -0.1) is 0 Å². The summed E-state index contributed by atoms with van der Waals surface area (Å²) in [4.78, 5) is 37.6. The van der Waals surface area contributed by atoms with Crippen molar-refractivity contribution in [2.75, 3.05) is 13.2 Å². The van der Waals surface area contributed by atoms with Crippen LogP contribution < -0.4 is 0 Å². The van der Waals surface area contributed by atoms with Crippen LogP contribution in [0.4, 0.5) is 0 Å². The summed E-state index contributed by atoms with van der Waals surface area (Å²) in [5.74, 6) is -0.985. The van der Waals surface area contributed by atoms with E-state index in [1.807, 2.05) is 36.5 Å². The second-order valence-corrected chi connectivity index (χ2v) is 13.9. The highest BCUT2D eigenvalue weighted by Crippen LogP contribution is 2.14. The number of hydrogen-bond donors (Lipinski definition) is 0. The Morgan fingerprint density at radius 3 is 1.40 bits per heavy atom. The molecule has 0 amide bonds. The van der Waals surface area contributed by atoms with Crippen molar-refractivity contribution < 1.29 is 28.6 Å². The molecule has 0 N–H and O–H groups in total. The van der Waals surface area contributed by atoms with Crippen molar-refractivity contribution in [3.05, 3.63) is 72.9 Å². The first-order valence-corrected chi connectivity index (χ1v) is 21.5. The highest BCUT2D eigenvalue weighted by atomic mass is 16.6. The first-order valence-electron chi connectivity index (χ1n) is 21.5. The van der Waals surface area contributed by atoms with Gasteiger partial charge in [-0.25, -0.2) is 0 Å². The molecule has 0 heterocycles. The van der Waals surface area contributed by atoms with Crippen LogP contribution in [0.15, 0.2) is 72.9 Å². The van der Waals surface area contributed by atoms with E-state index in [-0.39, 0.29) is 31.1 Å². The molecule has 0 aromatic rings. The van der Waals surface area contributed by atoms with E-state index in [9.17, 15) is 14.4 Å². The van der Waals surface area contributed by atoms with Crippen molar-refractivity contribution in [3.63, 3.8) is 0 Å². The minimum absolute atomic E-state index is 0.105. The van der Waals surface area contributed by atoms with E-state index < -0.39 is 6.10 Å². The lowest BCUT2D eigenvalue weighted by Gasteiger charge is -2.18. The fourth-order valence-electron chi connectivity index (χ4n) is 5.61. The summed E-state index contributed by atoms with van der Waals surface area (Å²) < 4.78 is 16.6. The normalized spacial score (nSPS) is 12.7. The molecule has 0 bridgehead atoms. The lowest BCUT2D eigenvalue weighted by molar-refractivity contribution is -0.167. The Hall–Kier alpha value is -3.15. The van der Waals surface area contributed by atoms with Crippen LogP contribution in [0, 0.1) is 0 Å². The molecule has 6 nitrogen and oxygen atoms in total. The van der Waals surface area contributed by atoms with E-state index in [2.05, 4.69) is 57.2 Å². The zero-order chi connectivity index (χ0) is 38.7. The Morgan fingerprint density at radius 2 is 0.830 bits per heavy atom. The molecule has 0 aliphatic rings. The van der Waals surface area contributed by atoms with E-state index >= 15 is 0 Å². The standard InChI is InChI=1S/C47H78O6/c1-4-7-10-13-16-19-21-23-25-28-31-34-37-40-46(49)52-43-44(42-51-45(48)39-36-33-30-27-18-15-12-9-6-3)53-47(50)41-38-35-32-29-26-24-22-20-17-14-11-8-5-2/h7,9-10,12-13,16,18-19,21,23,25,27,44H,4-6,8,11,14-15,17,20,22,24,26,28-43H2,1-3H3/b10-7-,12-9-,16-13-,21-19-,25-23-,27-18-. The topological polar surface area (TPSA) is 78.9 Å². The maximum atomic E-state index is 12.7. The number of esters is 3. The van der Waals surface area contributed by atoms with E-state index in [1.54, 1.807) is 0 Å². The van der Waals surface area contributed by atoms with Crippen LogP contribution >= 0.6 is 0 Å². The summed E-state index contributed by atoms with van der Waals surface area (Å²) in [6.07, 6.45) is 50.4. The van der Waals surface area contributed by atoms with Crippen molar-refractivity contribution in [3.8, 4) is 0 Å². The number of hydrogen-bond acceptors (Lipinski definition) is 6. The molecule has 1 unspecified atom stereocenters. The fourth-order valence-corrected chi connectivity index (χ4v) is 5.61. The molecule has 0 saturated heterocycles. The van der Waals surface area contributed by atoms with Crippen molar-refractivity contribution in [2.45, 2.75) is 194 Å². The van der Waals surface area contributed by atoms with Crippen LogP contribution in [0.2, 0.25) is 0 Å². The summed E-state index contributed by atoms with van der Waals surface area (Å²) in [5, 5.41) is 0. The third-order valence-corrected chi connectivity index (χ3v) is 8.80. The lowest BCUT2D eigenvalue weighted by atomic mass is 10.0. The van der Waals surface area contributed by atoms with Gasteiger partial charge < -0.3 is 14.2 Å². The molecule has 0 saturated carbocycles. The van der Waals surface area contributed by atoms with Gasteiger partial charge in [-0.2, -0.15) is 0 Å². The first-order chi connectivity index (χ1) is 26.0. The average molecular weight is 739 g/mol. The molecule has 0 aromatic heterocycles. The smallest absolute Gasteiger partial charge is 0.306 e. The van der Waals surface area contributed by atoms with Crippen molar-refractivity contribution in [1.29, 1.82) is 0 Å². The van der Waals surface area contributed by atoms with E-state index in [1.165, 1.54) is 64.2 Å². The second-order valence-electron chi connectivity index (χ2n) is 13.9. The second kappa shape index (κ2) is 41.6. The summed E-state index contributed by atoms with van der Waals surface area (Å²) in [7, 11) is 0. The number of ether oxygens (including phenoxy) is 3. The van der Waals surface area contributed by atoms with Crippen LogP contribution in [-0.2, 0) is 28.6 Å². The maximum absolute atomic E-state index is 12.7.